The smallest absolute Gasteiger partial charge is 0.418 e. The number of anilines is 1. The predicted octanol–water partition coefficient (Wildman–Crippen LogP) is 1.84. The van der Waals surface area contributed by atoms with Crippen molar-refractivity contribution in [3.63, 3.8) is 0 Å². The molecule has 1 aliphatic rings. The Bertz CT molecular complexity index is 1410. The Labute approximate surface area is 215 Å². The molecular formula is C23H25F4N7O4. The molecule has 0 aromatic carbocycles. The largest absolute Gasteiger partial charge is 0.480 e. The van der Waals surface area contributed by atoms with E-state index in [4.69, 9.17) is 11.8 Å². The molecule has 11 nitrogen and oxygen atoms in total. The molecule has 1 aliphatic heterocycles. The van der Waals surface area contributed by atoms with E-state index in [0.29, 0.717) is 0 Å². The second-order valence-electron chi connectivity index (χ2n) is 9.45. The van der Waals surface area contributed by atoms with Gasteiger partial charge >= 0.3 is 6.18 Å². The molecule has 0 spiro atoms. The van der Waals surface area contributed by atoms with Crippen LogP contribution in [0.25, 0.3) is 16.8 Å². The Morgan fingerprint density at radius 2 is 2.03 bits per heavy atom. The van der Waals surface area contributed by atoms with Crippen LogP contribution in [-0.2, 0) is 11.0 Å². The predicted molar refractivity (Wildman–Crippen MR) is 126 cm³/mol. The lowest BCUT2D eigenvalue weighted by Gasteiger charge is -2.22. The van der Waals surface area contributed by atoms with Crippen LogP contribution in [0.4, 0.5) is 23.4 Å². The van der Waals surface area contributed by atoms with Gasteiger partial charge in [-0.2, -0.15) is 18.3 Å². The number of aliphatic hydroxyl groups is 1. The number of pyridine rings is 1. The first-order valence-electron chi connectivity index (χ1n) is 12.0. The highest BCUT2D eigenvalue weighted by atomic mass is 19.4. The van der Waals surface area contributed by atoms with Gasteiger partial charge < -0.3 is 25.8 Å². The van der Waals surface area contributed by atoms with Crippen molar-refractivity contribution in [2.45, 2.75) is 44.3 Å². The van der Waals surface area contributed by atoms with Gasteiger partial charge in [-0.05, 0) is 26.0 Å². The Morgan fingerprint density at radius 1 is 1.29 bits per heavy atom. The highest BCUT2D eigenvalue weighted by molar-refractivity contribution is 5.98. The number of alkyl halides is 4. The van der Waals surface area contributed by atoms with Crippen LogP contribution >= 0.6 is 0 Å². The summed E-state index contributed by atoms with van der Waals surface area (Å²) in [5.74, 6) is -2.10. The molecule has 4 N–H and O–H groups in total. The van der Waals surface area contributed by atoms with E-state index in [1.165, 1.54) is 24.8 Å². The van der Waals surface area contributed by atoms with Crippen molar-refractivity contribution in [1.29, 1.82) is 0 Å². The van der Waals surface area contributed by atoms with Gasteiger partial charge in [-0.3, -0.25) is 9.59 Å². The van der Waals surface area contributed by atoms with Crippen molar-refractivity contribution in [3.05, 3.63) is 35.8 Å². The fourth-order valence-corrected chi connectivity index (χ4v) is 4.19. The first-order chi connectivity index (χ1) is 18.2. The summed E-state index contributed by atoms with van der Waals surface area (Å²) in [4.78, 5) is 34.4. The molecule has 2 amide bonds. The average molecular weight is 540 g/mol. The zero-order valence-electron chi connectivity index (χ0n) is 21.3. The van der Waals surface area contributed by atoms with Gasteiger partial charge in [0, 0.05) is 18.3 Å². The van der Waals surface area contributed by atoms with Gasteiger partial charge in [0.25, 0.3) is 5.91 Å². The lowest BCUT2D eigenvalue weighted by Crippen LogP contribution is -2.42. The third-order valence-corrected chi connectivity index (χ3v) is 5.92. The maximum absolute atomic E-state index is 14.7. The maximum Gasteiger partial charge on any atom is 0.418 e. The molecule has 4 rings (SSSR count). The number of methoxy groups -OCH3 is 1. The first kappa shape index (κ1) is 25.6. The van der Waals surface area contributed by atoms with Crippen molar-refractivity contribution in [3.8, 4) is 17.1 Å². The summed E-state index contributed by atoms with van der Waals surface area (Å²) in [5.41, 5.74) is 2.42. The summed E-state index contributed by atoms with van der Waals surface area (Å²) in [6, 6.07) is 0.840. The molecule has 0 bridgehead atoms. The van der Waals surface area contributed by atoms with E-state index in [1.807, 2.05) is 0 Å². The summed E-state index contributed by atoms with van der Waals surface area (Å²) < 4.78 is 69.2. The summed E-state index contributed by atoms with van der Waals surface area (Å²) >= 11 is 0. The van der Waals surface area contributed by atoms with Crippen LogP contribution in [0.5, 0.6) is 5.88 Å². The average Bonchev–Trinajstić information content (AvgIpc) is 3.40. The van der Waals surface area contributed by atoms with Crippen molar-refractivity contribution in [2.75, 3.05) is 25.9 Å². The molecule has 0 unspecified atom stereocenters. The lowest BCUT2D eigenvalue weighted by atomic mass is 10.1. The van der Waals surface area contributed by atoms with Crippen LogP contribution in [0, 0.1) is 0 Å². The molecular weight excluding hydrogens is 514 g/mol. The first-order valence-corrected chi connectivity index (χ1v) is 11.3. The molecule has 0 saturated carbocycles. The van der Waals surface area contributed by atoms with E-state index in [0.717, 1.165) is 23.1 Å². The minimum Gasteiger partial charge on any atom is -0.480 e. The lowest BCUT2D eigenvalue weighted by molar-refractivity contribution is -0.136. The van der Waals surface area contributed by atoms with Crippen molar-refractivity contribution in [1.82, 2.24) is 29.8 Å². The number of nitrogen functional groups attached to an aromatic ring is 1. The molecule has 3 aromatic heterocycles. The fraction of sp³-hybridized carbons (Fsp3) is 0.435. The maximum atomic E-state index is 14.7. The second-order valence-corrected chi connectivity index (χ2v) is 9.45. The number of amides is 2. The number of likely N-dealkylation sites (tertiary alicyclic amines) is 1. The highest BCUT2D eigenvalue weighted by Crippen LogP contribution is 2.39. The molecule has 38 heavy (non-hydrogen) atoms. The van der Waals surface area contributed by atoms with Crippen LogP contribution in [-0.4, -0.2) is 79.4 Å². The Hall–Kier alpha value is -4.01. The van der Waals surface area contributed by atoms with Gasteiger partial charge in [-0.15, -0.1) is 0 Å². The van der Waals surface area contributed by atoms with Crippen LogP contribution in [0.2, 0.25) is 0 Å². The van der Waals surface area contributed by atoms with E-state index in [1.54, 1.807) is 0 Å². The van der Waals surface area contributed by atoms with Gasteiger partial charge in [0.2, 0.25) is 11.8 Å². The number of fused-ring (bicyclic) bond motifs is 1. The van der Waals surface area contributed by atoms with E-state index >= 15 is 0 Å². The minimum absolute atomic E-state index is 0.0197. The second kappa shape index (κ2) is 9.70. The minimum atomic E-state index is -4.79. The van der Waals surface area contributed by atoms with Gasteiger partial charge in [-0.1, -0.05) is 0 Å². The number of ether oxygens (including phenoxy) is 1. The number of rotatable bonds is 6. The SMILES string of the molecule is [2H]COc1ncc(-c2cc(C(F)(F)F)c3c(N)ncnn23)cc1C(=O)N[C@@H]1CN(C(=O)CC(C)(C)O)C[C@@H]1F. The van der Waals surface area contributed by atoms with Crippen molar-refractivity contribution in [2.24, 2.45) is 0 Å². The number of nitrogens with zero attached hydrogens (tertiary/aromatic N) is 5. The standard InChI is InChI=1S/C23H25F4N7O4/c1-22(2,37)6-17(35)33-8-14(24)15(9-33)32-20(36)12-4-11(7-29-21(12)38-3)16-5-13(23(25,26)27)18-19(28)30-10-31-34(16)18/h4-5,7,10,14-15,37H,6,8-9H2,1-3H3,(H,32,36)(H2,28,30,31)/t14-,15+/m0/s1/i3D. The number of nitrogens with one attached hydrogen (secondary N) is 1. The molecule has 3 aromatic rings. The van der Waals surface area contributed by atoms with Crippen molar-refractivity contribution < 1.29 is 38.4 Å². The molecule has 0 radical (unpaired) electrons. The van der Waals surface area contributed by atoms with Crippen LogP contribution in [0.1, 0.15) is 37.6 Å². The highest BCUT2D eigenvalue weighted by Gasteiger charge is 2.39. The van der Waals surface area contributed by atoms with E-state index in [9.17, 15) is 32.3 Å². The monoisotopic (exact) mass is 540 g/mol. The normalized spacial score (nSPS) is 18.5. The Morgan fingerprint density at radius 3 is 2.68 bits per heavy atom. The topological polar surface area (TPSA) is 148 Å². The number of nitrogens with two attached hydrogens (primary N) is 1. The van der Waals surface area contributed by atoms with Crippen LogP contribution < -0.4 is 15.8 Å². The summed E-state index contributed by atoms with van der Waals surface area (Å²) in [6.45, 7) is 2.41. The van der Waals surface area contributed by atoms with E-state index in [2.05, 4.69) is 20.4 Å². The van der Waals surface area contributed by atoms with Gasteiger partial charge in [-0.25, -0.2) is 18.9 Å². The molecule has 1 fully saturated rings. The van der Waals surface area contributed by atoms with Crippen LogP contribution in [0.3, 0.4) is 0 Å². The number of hydrogen-bond acceptors (Lipinski definition) is 8. The number of halogens is 4. The zero-order chi connectivity index (χ0) is 28.7. The van der Waals surface area contributed by atoms with Crippen LogP contribution in [0.15, 0.2) is 24.7 Å². The summed E-state index contributed by atoms with van der Waals surface area (Å²) in [6.07, 6.45) is -4.56. The summed E-state index contributed by atoms with van der Waals surface area (Å²) in [7, 11) is -0.628. The number of carbonyl (C=O) groups excluding carboxylic acids is 2. The number of hydrogen-bond donors (Lipinski definition) is 3. The quantitative estimate of drug-likeness (QED) is 0.401. The fourth-order valence-electron chi connectivity index (χ4n) is 4.19. The summed E-state index contributed by atoms with van der Waals surface area (Å²) in [5, 5.41) is 16.2. The zero-order valence-corrected chi connectivity index (χ0v) is 20.3. The molecule has 2 atom stereocenters. The number of aromatic nitrogens is 4. The van der Waals surface area contributed by atoms with E-state index in [-0.39, 0.29) is 42.2 Å². The van der Waals surface area contributed by atoms with Gasteiger partial charge in [0.1, 0.15) is 23.6 Å². The molecule has 4 heterocycles. The van der Waals surface area contributed by atoms with Crippen molar-refractivity contribution >= 4 is 23.1 Å². The Kier molecular flexibility index (Phi) is 6.54. The third kappa shape index (κ3) is 5.32. The third-order valence-electron chi connectivity index (χ3n) is 5.92. The van der Waals surface area contributed by atoms with Gasteiger partial charge in [0.05, 0.1) is 44.3 Å². The Balaban J connectivity index is 1.67. The molecule has 204 valence electrons. The van der Waals surface area contributed by atoms with E-state index < -0.39 is 59.8 Å². The molecule has 15 heteroatoms. The molecule has 1 saturated heterocycles. The molecule has 0 aliphatic carbocycles. The van der Waals surface area contributed by atoms with Gasteiger partial charge in [0.15, 0.2) is 5.82 Å². The number of carbonyl (C=O) groups is 2.